The predicted octanol–water partition coefficient (Wildman–Crippen LogP) is 7.52. The van der Waals surface area contributed by atoms with Crippen molar-refractivity contribution in [3.63, 3.8) is 0 Å². The number of aromatic nitrogens is 1. The van der Waals surface area contributed by atoms with Gasteiger partial charge in [0.1, 0.15) is 5.75 Å². The van der Waals surface area contributed by atoms with Crippen LogP contribution in [0.3, 0.4) is 0 Å². The molecule has 0 unspecified atom stereocenters. The average Bonchev–Trinajstić information content (AvgIpc) is 2.86. The number of para-hydroxylation sites is 1. The van der Waals surface area contributed by atoms with Crippen LogP contribution >= 0.6 is 0 Å². The molecule has 7 heteroatoms. The van der Waals surface area contributed by atoms with Gasteiger partial charge in [-0.25, -0.2) is 0 Å². The van der Waals surface area contributed by atoms with Crippen LogP contribution in [0.1, 0.15) is 25.0 Å². The standard InChI is InChI=1S/C30H29F3N2O2/c1-18-14-22(10-13-27(18)30(31,32)33)24-6-5-7-25-28(24)34-15-26(29(25)36-4)21-8-11-23(12-9-21)35-16-19(2)37-20(3)17-35/h5-15,19-20H,16-17H2,1-4H3/t19-,20+. The van der Waals surface area contributed by atoms with E-state index in [2.05, 4.69) is 43.0 Å². The van der Waals surface area contributed by atoms with E-state index >= 15 is 0 Å². The Kier molecular flexibility index (Phi) is 6.58. The molecule has 4 aromatic rings. The van der Waals surface area contributed by atoms with E-state index in [9.17, 15) is 13.2 Å². The fourth-order valence-electron chi connectivity index (χ4n) is 5.25. The van der Waals surface area contributed by atoms with Crippen LogP contribution in [-0.4, -0.2) is 37.4 Å². The van der Waals surface area contributed by atoms with Crippen LogP contribution in [0.15, 0.2) is 66.9 Å². The van der Waals surface area contributed by atoms with E-state index in [1.54, 1.807) is 19.4 Å². The fourth-order valence-corrected chi connectivity index (χ4v) is 5.25. The quantitative estimate of drug-likeness (QED) is 0.287. The van der Waals surface area contributed by atoms with Gasteiger partial charge in [-0.15, -0.1) is 0 Å². The predicted molar refractivity (Wildman–Crippen MR) is 141 cm³/mol. The van der Waals surface area contributed by atoms with Crippen molar-refractivity contribution in [2.24, 2.45) is 0 Å². The highest BCUT2D eigenvalue weighted by Gasteiger charge is 2.32. The fraction of sp³-hybridized carbons (Fsp3) is 0.300. The smallest absolute Gasteiger partial charge is 0.416 e. The summed E-state index contributed by atoms with van der Waals surface area (Å²) in [6.45, 7) is 7.34. The second-order valence-corrected chi connectivity index (χ2v) is 9.64. The van der Waals surface area contributed by atoms with E-state index in [-0.39, 0.29) is 17.8 Å². The van der Waals surface area contributed by atoms with Crippen LogP contribution in [-0.2, 0) is 10.9 Å². The first-order valence-corrected chi connectivity index (χ1v) is 12.3. The lowest BCUT2D eigenvalue weighted by atomic mass is 9.96. The lowest BCUT2D eigenvalue weighted by Gasteiger charge is -2.36. The summed E-state index contributed by atoms with van der Waals surface area (Å²) in [6.07, 6.45) is -2.26. The Balaban J connectivity index is 1.53. The lowest BCUT2D eigenvalue weighted by molar-refractivity contribution is -0.138. The van der Waals surface area contributed by atoms with Crippen LogP contribution in [0.2, 0.25) is 0 Å². The molecule has 0 aliphatic carbocycles. The summed E-state index contributed by atoms with van der Waals surface area (Å²) in [6, 6.07) is 18.2. The average molecular weight is 507 g/mol. The molecule has 4 nitrogen and oxygen atoms in total. The summed E-state index contributed by atoms with van der Waals surface area (Å²) in [4.78, 5) is 7.08. The SMILES string of the molecule is COc1c(-c2ccc(N3C[C@@H](C)O[C@@H](C)C3)cc2)cnc2c(-c3ccc(C(F)(F)F)c(C)c3)cccc12. The third kappa shape index (κ3) is 4.88. The molecule has 3 aromatic carbocycles. The maximum atomic E-state index is 13.3. The number of hydrogen-bond acceptors (Lipinski definition) is 4. The number of nitrogens with zero attached hydrogens (tertiary/aromatic N) is 2. The number of aryl methyl sites for hydroxylation is 1. The van der Waals surface area contributed by atoms with E-state index < -0.39 is 11.7 Å². The molecule has 0 radical (unpaired) electrons. The highest BCUT2D eigenvalue weighted by molar-refractivity contribution is 6.00. The molecule has 2 heterocycles. The molecule has 0 N–H and O–H groups in total. The Morgan fingerprint density at radius 1 is 0.919 bits per heavy atom. The van der Waals surface area contributed by atoms with Gasteiger partial charge in [0.15, 0.2) is 0 Å². The van der Waals surface area contributed by atoms with Crippen molar-refractivity contribution in [3.05, 3.63) is 78.0 Å². The van der Waals surface area contributed by atoms with Gasteiger partial charge >= 0.3 is 6.18 Å². The molecule has 0 saturated carbocycles. The minimum absolute atomic E-state index is 0.176. The van der Waals surface area contributed by atoms with Crippen LogP contribution in [0.25, 0.3) is 33.2 Å². The van der Waals surface area contributed by atoms with Gasteiger partial charge in [-0.05, 0) is 61.7 Å². The zero-order valence-electron chi connectivity index (χ0n) is 21.3. The molecule has 192 valence electrons. The van der Waals surface area contributed by atoms with E-state index in [0.717, 1.165) is 46.9 Å². The Hall–Kier alpha value is -3.58. The van der Waals surface area contributed by atoms with Gasteiger partial charge in [0.2, 0.25) is 0 Å². The van der Waals surface area contributed by atoms with Crippen LogP contribution in [0, 0.1) is 6.92 Å². The van der Waals surface area contributed by atoms with Gasteiger partial charge < -0.3 is 14.4 Å². The number of ether oxygens (including phenoxy) is 2. The molecular formula is C30H29F3N2O2. The third-order valence-electron chi connectivity index (χ3n) is 6.86. The molecule has 1 aromatic heterocycles. The summed E-state index contributed by atoms with van der Waals surface area (Å²) in [5.74, 6) is 0.678. The van der Waals surface area contributed by atoms with Crippen LogP contribution < -0.4 is 9.64 Å². The summed E-state index contributed by atoms with van der Waals surface area (Å²) in [7, 11) is 1.62. The Morgan fingerprint density at radius 3 is 2.22 bits per heavy atom. The van der Waals surface area contributed by atoms with E-state index in [4.69, 9.17) is 14.5 Å². The lowest BCUT2D eigenvalue weighted by Crippen LogP contribution is -2.45. The molecule has 2 atom stereocenters. The number of pyridine rings is 1. The Labute approximate surface area is 214 Å². The number of methoxy groups -OCH3 is 1. The number of anilines is 1. The summed E-state index contributed by atoms with van der Waals surface area (Å²) in [5, 5.41) is 0.801. The van der Waals surface area contributed by atoms with Crippen molar-refractivity contribution in [3.8, 4) is 28.0 Å². The minimum atomic E-state index is -4.38. The van der Waals surface area contributed by atoms with E-state index in [1.165, 1.54) is 13.0 Å². The third-order valence-corrected chi connectivity index (χ3v) is 6.86. The number of rotatable bonds is 4. The molecule has 1 fully saturated rings. The highest BCUT2D eigenvalue weighted by Crippen LogP contribution is 2.40. The zero-order chi connectivity index (χ0) is 26.3. The maximum Gasteiger partial charge on any atom is 0.416 e. The first-order chi connectivity index (χ1) is 17.7. The van der Waals surface area contributed by atoms with Gasteiger partial charge in [-0.1, -0.05) is 36.4 Å². The van der Waals surface area contributed by atoms with Crippen molar-refractivity contribution < 1.29 is 22.6 Å². The van der Waals surface area contributed by atoms with Crippen LogP contribution in [0.4, 0.5) is 18.9 Å². The molecule has 1 aliphatic heterocycles. The van der Waals surface area contributed by atoms with E-state index in [1.807, 2.05) is 18.2 Å². The zero-order valence-corrected chi connectivity index (χ0v) is 21.3. The van der Waals surface area contributed by atoms with Crippen molar-refractivity contribution in [2.75, 3.05) is 25.1 Å². The van der Waals surface area contributed by atoms with Crippen molar-refractivity contribution >= 4 is 16.6 Å². The van der Waals surface area contributed by atoms with Gasteiger partial charge in [0.05, 0.1) is 30.4 Å². The maximum absolute atomic E-state index is 13.3. The van der Waals surface area contributed by atoms with Gasteiger partial charge in [-0.2, -0.15) is 13.2 Å². The van der Waals surface area contributed by atoms with Crippen molar-refractivity contribution in [2.45, 2.75) is 39.2 Å². The van der Waals surface area contributed by atoms with Gasteiger partial charge in [0, 0.05) is 41.5 Å². The first-order valence-electron chi connectivity index (χ1n) is 12.3. The first kappa shape index (κ1) is 25.1. The second-order valence-electron chi connectivity index (χ2n) is 9.64. The summed E-state index contributed by atoms with van der Waals surface area (Å²) < 4.78 is 51.5. The number of benzene rings is 3. The Bertz CT molecular complexity index is 1420. The molecule has 1 aliphatic rings. The molecule has 0 bridgehead atoms. The molecule has 1 saturated heterocycles. The van der Waals surface area contributed by atoms with E-state index in [0.29, 0.717) is 16.8 Å². The molecule has 0 amide bonds. The van der Waals surface area contributed by atoms with Gasteiger partial charge in [0.25, 0.3) is 0 Å². The second kappa shape index (κ2) is 9.71. The number of fused-ring (bicyclic) bond motifs is 1. The normalized spacial score (nSPS) is 18.3. The number of morpholine rings is 1. The topological polar surface area (TPSA) is 34.6 Å². The number of hydrogen-bond donors (Lipinski definition) is 0. The minimum Gasteiger partial charge on any atom is -0.495 e. The Morgan fingerprint density at radius 2 is 1.59 bits per heavy atom. The highest BCUT2D eigenvalue weighted by atomic mass is 19.4. The molecule has 37 heavy (non-hydrogen) atoms. The number of alkyl halides is 3. The monoisotopic (exact) mass is 506 g/mol. The molecule has 0 spiro atoms. The number of halogens is 3. The van der Waals surface area contributed by atoms with Crippen molar-refractivity contribution in [1.29, 1.82) is 0 Å². The van der Waals surface area contributed by atoms with Crippen molar-refractivity contribution in [1.82, 2.24) is 4.98 Å². The van der Waals surface area contributed by atoms with Gasteiger partial charge in [-0.3, -0.25) is 4.98 Å². The summed E-state index contributed by atoms with van der Waals surface area (Å²) >= 11 is 0. The molecular weight excluding hydrogens is 477 g/mol. The largest absolute Gasteiger partial charge is 0.495 e. The molecule has 5 rings (SSSR count). The van der Waals surface area contributed by atoms with Crippen LogP contribution in [0.5, 0.6) is 5.75 Å². The summed E-state index contributed by atoms with van der Waals surface area (Å²) in [5.41, 5.74) is 4.62.